The van der Waals surface area contributed by atoms with E-state index in [1.165, 1.54) is 31.4 Å². The zero-order valence-electron chi connectivity index (χ0n) is 16.6. The number of hydrazone groups is 1. The van der Waals surface area contributed by atoms with E-state index in [2.05, 4.69) is 53.5 Å². The maximum Gasteiger partial charge on any atom is 0.135 e. The summed E-state index contributed by atoms with van der Waals surface area (Å²) in [6.07, 6.45) is 9.80. The second-order valence-corrected chi connectivity index (χ2v) is 8.16. The average Bonchev–Trinajstić information content (AvgIpc) is 2.76. The standard InChI is InChI=1S/C25H30N2O/c28-25-18-10-8-12-21(25)19-20-11-7-9-17-24(20)26-27(22-13-3-1-4-14-22)23-15-5-2-6-16-23/h1-6,13-16,20-21H,7-12,17-19H2. The van der Waals surface area contributed by atoms with Crippen molar-refractivity contribution in [3.05, 3.63) is 60.7 Å². The zero-order valence-corrected chi connectivity index (χ0v) is 16.6. The van der Waals surface area contributed by atoms with Crippen LogP contribution in [0.15, 0.2) is 65.8 Å². The summed E-state index contributed by atoms with van der Waals surface area (Å²) in [5.74, 6) is 1.18. The molecule has 2 aromatic carbocycles. The minimum atomic E-state index is 0.254. The van der Waals surface area contributed by atoms with Gasteiger partial charge in [0.25, 0.3) is 0 Å². The smallest absolute Gasteiger partial charge is 0.135 e. The normalized spacial score (nSPS) is 24.3. The molecule has 2 aliphatic carbocycles. The lowest BCUT2D eigenvalue weighted by molar-refractivity contribution is -0.125. The Morgan fingerprint density at radius 1 is 0.750 bits per heavy atom. The first-order valence-electron chi connectivity index (χ1n) is 10.8. The van der Waals surface area contributed by atoms with E-state index >= 15 is 0 Å². The Kier molecular flexibility index (Phi) is 6.20. The average molecular weight is 375 g/mol. The number of anilines is 2. The molecule has 4 rings (SSSR count). The molecule has 3 heteroatoms. The zero-order chi connectivity index (χ0) is 19.2. The van der Waals surface area contributed by atoms with Gasteiger partial charge in [0.2, 0.25) is 0 Å². The van der Waals surface area contributed by atoms with Crippen LogP contribution in [0.5, 0.6) is 0 Å². The first-order chi connectivity index (χ1) is 13.8. The van der Waals surface area contributed by atoms with Gasteiger partial charge >= 0.3 is 0 Å². The van der Waals surface area contributed by atoms with Crippen molar-refractivity contribution in [1.82, 2.24) is 0 Å². The van der Waals surface area contributed by atoms with Gasteiger partial charge in [0.1, 0.15) is 5.78 Å². The molecule has 28 heavy (non-hydrogen) atoms. The van der Waals surface area contributed by atoms with Crippen molar-refractivity contribution in [3.63, 3.8) is 0 Å². The van der Waals surface area contributed by atoms with Crippen molar-refractivity contribution in [2.24, 2.45) is 16.9 Å². The highest BCUT2D eigenvalue weighted by Crippen LogP contribution is 2.34. The fourth-order valence-electron chi connectivity index (χ4n) is 4.63. The minimum Gasteiger partial charge on any atom is -0.299 e. The Bertz CT molecular complexity index is 760. The summed E-state index contributed by atoms with van der Waals surface area (Å²) in [5, 5.41) is 7.27. The summed E-state index contributed by atoms with van der Waals surface area (Å²) in [6, 6.07) is 20.8. The Morgan fingerprint density at radius 2 is 1.32 bits per heavy atom. The van der Waals surface area contributed by atoms with Crippen LogP contribution in [0.3, 0.4) is 0 Å². The molecule has 0 saturated heterocycles. The molecule has 3 nitrogen and oxygen atoms in total. The fraction of sp³-hybridized carbons (Fsp3) is 0.440. The maximum atomic E-state index is 12.4. The predicted octanol–water partition coefficient (Wildman–Crippen LogP) is 6.52. The van der Waals surface area contributed by atoms with Gasteiger partial charge in [-0.2, -0.15) is 5.10 Å². The molecule has 0 amide bonds. The van der Waals surface area contributed by atoms with Crippen LogP contribution in [0, 0.1) is 11.8 Å². The summed E-state index contributed by atoms with van der Waals surface area (Å²) in [5.41, 5.74) is 3.44. The van der Waals surface area contributed by atoms with E-state index in [9.17, 15) is 4.79 Å². The molecule has 2 unspecified atom stereocenters. The number of para-hydroxylation sites is 2. The van der Waals surface area contributed by atoms with Gasteiger partial charge in [0.05, 0.1) is 11.4 Å². The Balaban J connectivity index is 1.62. The Hall–Kier alpha value is -2.42. The monoisotopic (exact) mass is 374 g/mol. The summed E-state index contributed by atoms with van der Waals surface area (Å²) < 4.78 is 0. The molecule has 0 aliphatic heterocycles. The SMILES string of the molecule is O=C1CCCCC1CC1CCCCC1=NN(c1ccccc1)c1ccccc1. The first kappa shape index (κ1) is 18.9. The highest BCUT2D eigenvalue weighted by atomic mass is 16.1. The quantitative estimate of drug-likeness (QED) is 0.558. The molecule has 0 spiro atoms. The molecule has 2 aromatic rings. The van der Waals surface area contributed by atoms with Gasteiger partial charge in [-0.1, -0.05) is 49.2 Å². The van der Waals surface area contributed by atoms with E-state index in [4.69, 9.17) is 5.10 Å². The highest BCUT2D eigenvalue weighted by molar-refractivity contribution is 5.90. The number of rotatable bonds is 5. The van der Waals surface area contributed by atoms with Crippen molar-refractivity contribution in [2.45, 2.75) is 57.8 Å². The highest BCUT2D eigenvalue weighted by Gasteiger charge is 2.29. The predicted molar refractivity (Wildman–Crippen MR) is 116 cm³/mol. The lowest BCUT2D eigenvalue weighted by Crippen LogP contribution is -2.29. The lowest BCUT2D eigenvalue weighted by Gasteiger charge is -2.31. The topological polar surface area (TPSA) is 32.7 Å². The summed E-state index contributed by atoms with van der Waals surface area (Å²) in [4.78, 5) is 12.4. The second-order valence-electron chi connectivity index (χ2n) is 8.16. The minimum absolute atomic E-state index is 0.254. The molecule has 0 aromatic heterocycles. The van der Waals surface area contributed by atoms with Crippen molar-refractivity contribution in [3.8, 4) is 0 Å². The van der Waals surface area contributed by atoms with Gasteiger partial charge in [-0.05, 0) is 68.7 Å². The molecular formula is C25H30N2O. The van der Waals surface area contributed by atoms with Crippen LogP contribution >= 0.6 is 0 Å². The maximum absolute atomic E-state index is 12.4. The van der Waals surface area contributed by atoms with Crippen LogP contribution in [0.25, 0.3) is 0 Å². The van der Waals surface area contributed by atoms with Gasteiger partial charge in [-0.3, -0.25) is 4.79 Å². The van der Waals surface area contributed by atoms with Crippen LogP contribution in [0.4, 0.5) is 11.4 Å². The third kappa shape index (κ3) is 4.52. The molecular weight excluding hydrogens is 344 g/mol. The number of ketones is 1. The van der Waals surface area contributed by atoms with Gasteiger partial charge in [0, 0.05) is 18.1 Å². The summed E-state index contributed by atoms with van der Waals surface area (Å²) in [7, 11) is 0. The van der Waals surface area contributed by atoms with Crippen molar-refractivity contribution < 1.29 is 4.79 Å². The number of nitrogens with zero attached hydrogens (tertiary/aromatic N) is 2. The third-order valence-corrected chi connectivity index (χ3v) is 6.19. The van der Waals surface area contributed by atoms with Crippen LogP contribution in [-0.2, 0) is 4.79 Å². The second kappa shape index (κ2) is 9.18. The van der Waals surface area contributed by atoms with E-state index in [0.717, 1.165) is 43.5 Å². The van der Waals surface area contributed by atoms with Gasteiger partial charge in [0.15, 0.2) is 0 Å². The molecule has 0 radical (unpaired) electrons. The van der Waals surface area contributed by atoms with Gasteiger partial charge in [-0.25, -0.2) is 5.01 Å². The molecule has 0 N–H and O–H groups in total. The molecule has 146 valence electrons. The van der Waals surface area contributed by atoms with Crippen molar-refractivity contribution >= 4 is 22.9 Å². The van der Waals surface area contributed by atoms with E-state index in [-0.39, 0.29) is 5.92 Å². The number of hydrogen-bond donors (Lipinski definition) is 0. The summed E-state index contributed by atoms with van der Waals surface area (Å²) >= 11 is 0. The fourth-order valence-corrected chi connectivity index (χ4v) is 4.63. The van der Waals surface area contributed by atoms with Crippen molar-refractivity contribution in [2.75, 3.05) is 5.01 Å². The molecule has 2 saturated carbocycles. The van der Waals surface area contributed by atoms with Crippen molar-refractivity contribution in [1.29, 1.82) is 0 Å². The van der Waals surface area contributed by atoms with Gasteiger partial charge < -0.3 is 0 Å². The molecule has 2 atom stereocenters. The Morgan fingerprint density at radius 3 is 1.93 bits per heavy atom. The number of hydrogen-bond acceptors (Lipinski definition) is 3. The van der Waals surface area contributed by atoms with Crippen LogP contribution in [0.2, 0.25) is 0 Å². The first-order valence-corrected chi connectivity index (χ1v) is 10.8. The summed E-state index contributed by atoms with van der Waals surface area (Å²) in [6.45, 7) is 0. The van der Waals surface area contributed by atoms with Crippen LogP contribution < -0.4 is 5.01 Å². The Labute approximate surface area is 168 Å². The molecule has 2 fully saturated rings. The van der Waals surface area contributed by atoms with E-state index in [1.807, 2.05) is 12.1 Å². The molecule has 0 heterocycles. The number of carbonyl (C=O) groups is 1. The lowest BCUT2D eigenvalue weighted by atomic mass is 9.76. The molecule has 2 aliphatic rings. The van der Waals surface area contributed by atoms with Gasteiger partial charge in [-0.15, -0.1) is 0 Å². The largest absolute Gasteiger partial charge is 0.299 e. The van der Waals surface area contributed by atoms with E-state index in [0.29, 0.717) is 11.7 Å². The van der Waals surface area contributed by atoms with E-state index in [1.54, 1.807) is 0 Å². The van der Waals surface area contributed by atoms with Crippen LogP contribution in [-0.4, -0.2) is 11.5 Å². The van der Waals surface area contributed by atoms with E-state index < -0.39 is 0 Å². The number of benzene rings is 2. The van der Waals surface area contributed by atoms with Crippen LogP contribution in [0.1, 0.15) is 57.8 Å². The third-order valence-electron chi connectivity index (χ3n) is 6.19. The number of Topliss-reactive ketones (excluding diaryl/α,β-unsaturated/α-hetero) is 1. The number of carbonyl (C=O) groups excluding carboxylic acids is 1. The molecule has 0 bridgehead atoms.